The summed E-state index contributed by atoms with van der Waals surface area (Å²) in [5, 5.41) is 15.2. The van der Waals surface area contributed by atoms with Crippen molar-refractivity contribution in [1.82, 2.24) is 9.97 Å². The molecule has 168 valence electrons. The van der Waals surface area contributed by atoms with E-state index in [-0.39, 0.29) is 11.6 Å². The number of rotatable bonds is 7. The summed E-state index contributed by atoms with van der Waals surface area (Å²) in [5.41, 5.74) is 2.91. The summed E-state index contributed by atoms with van der Waals surface area (Å²) in [6, 6.07) is 10.4. The van der Waals surface area contributed by atoms with Crippen LogP contribution in [0.15, 0.2) is 42.5 Å². The molecule has 0 fully saturated rings. The van der Waals surface area contributed by atoms with Crippen LogP contribution >= 0.6 is 11.6 Å². The number of carboxylic acid groups (broad SMARTS) is 1. The van der Waals surface area contributed by atoms with E-state index < -0.39 is 24.6 Å². The lowest BCUT2D eigenvalue weighted by atomic mass is 10.1. The molecule has 3 rings (SSSR count). The number of carbonyl (C=O) groups is 1. The van der Waals surface area contributed by atoms with Crippen molar-refractivity contribution in [3.63, 3.8) is 0 Å². The third kappa shape index (κ3) is 6.01. The van der Waals surface area contributed by atoms with Gasteiger partial charge in [0.25, 0.3) is 0 Å². The Bertz CT molecular complexity index is 1160. The number of benzene rings is 2. The van der Waals surface area contributed by atoms with Crippen LogP contribution in [0, 0.1) is 13.8 Å². The van der Waals surface area contributed by atoms with Crippen molar-refractivity contribution >= 4 is 35.0 Å². The Morgan fingerprint density at radius 3 is 2.59 bits per heavy atom. The van der Waals surface area contributed by atoms with Crippen molar-refractivity contribution in [2.24, 2.45) is 0 Å². The topological polar surface area (TPSA) is 96.4 Å². The molecule has 0 unspecified atom stereocenters. The molecule has 0 aliphatic carbocycles. The fourth-order valence-electron chi connectivity index (χ4n) is 2.89. The van der Waals surface area contributed by atoms with Gasteiger partial charge in [-0.1, -0.05) is 29.8 Å². The van der Waals surface area contributed by atoms with Gasteiger partial charge < -0.3 is 20.5 Å². The summed E-state index contributed by atoms with van der Waals surface area (Å²) >= 11 is 6.21. The number of carboxylic acids is 1. The van der Waals surface area contributed by atoms with Crippen molar-refractivity contribution in [3.05, 3.63) is 58.6 Å². The molecule has 2 aromatic carbocycles. The smallest absolute Gasteiger partial charge is 0.480 e. The van der Waals surface area contributed by atoms with Gasteiger partial charge in [-0.15, -0.1) is 13.2 Å². The predicted octanol–water partition coefficient (Wildman–Crippen LogP) is 5.55. The minimum atomic E-state index is -4.84. The van der Waals surface area contributed by atoms with Gasteiger partial charge >= 0.3 is 12.3 Å². The zero-order valence-corrected chi connectivity index (χ0v) is 17.7. The van der Waals surface area contributed by atoms with Crippen molar-refractivity contribution < 1.29 is 27.8 Å². The molecule has 0 aliphatic heterocycles. The van der Waals surface area contributed by atoms with Crippen LogP contribution in [0.5, 0.6) is 5.75 Å². The second-order valence-electron chi connectivity index (χ2n) is 6.77. The summed E-state index contributed by atoms with van der Waals surface area (Å²) in [4.78, 5) is 19.4. The van der Waals surface area contributed by atoms with Gasteiger partial charge in [0.15, 0.2) is 0 Å². The van der Waals surface area contributed by atoms with E-state index in [2.05, 4.69) is 25.3 Å². The normalized spacial score (nSPS) is 11.2. The number of aryl methyl sites for hydroxylation is 1. The SMILES string of the molecule is Cc1ccc(Cl)c(C)c1Nc1cc(-c2cccc(OC(F)(F)F)c2)nc(NCC(=O)O)n1. The molecule has 7 nitrogen and oxygen atoms in total. The quantitative estimate of drug-likeness (QED) is 0.420. The van der Waals surface area contributed by atoms with Crippen LogP contribution in [-0.4, -0.2) is 34.0 Å². The number of aromatic nitrogens is 2. The number of aliphatic carboxylic acids is 1. The molecule has 1 aromatic heterocycles. The maximum Gasteiger partial charge on any atom is 0.573 e. The standard InChI is InChI=1S/C21H18ClF3N4O3/c1-11-6-7-15(22)12(2)19(11)28-17-9-16(27-20(29-17)26-10-18(30)31)13-4-3-5-14(8-13)32-21(23,24)25/h3-9H,10H2,1-2H3,(H,30,31)(H2,26,27,28,29). The van der Waals surface area contributed by atoms with Crippen LogP contribution in [0.25, 0.3) is 11.3 Å². The molecule has 0 saturated carbocycles. The Balaban J connectivity index is 2.03. The number of ether oxygens (including phenoxy) is 1. The van der Waals surface area contributed by atoms with E-state index in [1.165, 1.54) is 24.3 Å². The Morgan fingerprint density at radius 1 is 1.16 bits per heavy atom. The van der Waals surface area contributed by atoms with E-state index in [9.17, 15) is 18.0 Å². The number of anilines is 3. The number of alkyl halides is 3. The van der Waals surface area contributed by atoms with Gasteiger partial charge in [-0.05, 0) is 43.2 Å². The highest BCUT2D eigenvalue weighted by Crippen LogP contribution is 2.32. The fraction of sp³-hybridized carbons (Fsp3) is 0.190. The zero-order valence-electron chi connectivity index (χ0n) is 16.9. The van der Waals surface area contributed by atoms with E-state index in [4.69, 9.17) is 16.7 Å². The van der Waals surface area contributed by atoms with Gasteiger partial charge in [0.1, 0.15) is 18.1 Å². The van der Waals surface area contributed by atoms with E-state index in [1.54, 1.807) is 12.1 Å². The maximum atomic E-state index is 12.6. The van der Waals surface area contributed by atoms with Crippen LogP contribution in [0.3, 0.4) is 0 Å². The Kier molecular flexibility index (Phi) is 6.73. The third-order valence-electron chi connectivity index (χ3n) is 4.35. The monoisotopic (exact) mass is 466 g/mol. The Hall–Kier alpha value is -3.53. The molecule has 32 heavy (non-hydrogen) atoms. The molecule has 0 radical (unpaired) electrons. The van der Waals surface area contributed by atoms with Gasteiger partial charge in [-0.25, -0.2) is 4.98 Å². The average Bonchev–Trinajstić information content (AvgIpc) is 2.71. The van der Waals surface area contributed by atoms with Crippen LogP contribution in [0.1, 0.15) is 11.1 Å². The summed E-state index contributed by atoms with van der Waals surface area (Å²) in [6.07, 6.45) is -4.84. The second-order valence-corrected chi connectivity index (χ2v) is 7.18. The first kappa shape index (κ1) is 23.1. The second kappa shape index (κ2) is 9.31. The Morgan fingerprint density at radius 2 is 1.91 bits per heavy atom. The largest absolute Gasteiger partial charge is 0.573 e. The van der Waals surface area contributed by atoms with Crippen molar-refractivity contribution in [2.75, 3.05) is 17.2 Å². The van der Waals surface area contributed by atoms with Crippen LogP contribution < -0.4 is 15.4 Å². The summed E-state index contributed by atoms with van der Waals surface area (Å²) < 4.78 is 41.8. The summed E-state index contributed by atoms with van der Waals surface area (Å²) in [5.74, 6) is -1.27. The highest BCUT2D eigenvalue weighted by Gasteiger charge is 2.31. The molecular formula is C21H18ClF3N4O3. The number of hydrogen-bond acceptors (Lipinski definition) is 6. The van der Waals surface area contributed by atoms with E-state index in [0.717, 1.165) is 11.1 Å². The highest BCUT2D eigenvalue weighted by atomic mass is 35.5. The minimum absolute atomic E-state index is 0.0214. The number of nitrogens with one attached hydrogen (secondary N) is 2. The van der Waals surface area contributed by atoms with Crippen molar-refractivity contribution in [2.45, 2.75) is 20.2 Å². The lowest BCUT2D eigenvalue weighted by molar-refractivity contribution is -0.274. The zero-order chi connectivity index (χ0) is 23.5. The molecule has 1 heterocycles. The molecule has 0 atom stereocenters. The van der Waals surface area contributed by atoms with Crippen molar-refractivity contribution in [3.8, 4) is 17.0 Å². The molecule has 0 bridgehead atoms. The van der Waals surface area contributed by atoms with Crippen LogP contribution in [0.2, 0.25) is 5.02 Å². The van der Waals surface area contributed by atoms with Gasteiger partial charge in [0.2, 0.25) is 5.95 Å². The average molecular weight is 467 g/mol. The lowest BCUT2D eigenvalue weighted by Crippen LogP contribution is -2.17. The number of nitrogens with zero attached hydrogens (tertiary/aromatic N) is 2. The predicted molar refractivity (Wildman–Crippen MR) is 114 cm³/mol. The van der Waals surface area contributed by atoms with Crippen LogP contribution in [0.4, 0.5) is 30.6 Å². The molecule has 3 aromatic rings. The first-order valence-corrected chi connectivity index (χ1v) is 9.63. The highest BCUT2D eigenvalue weighted by molar-refractivity contribution is 6.31. The van der Waals surface area contributed by atoms with Gasteiger partial charge in [0.05, 0.1) is 5.69 Å². The van der Waals surface area contributed by atoms with Crippen molar-refractivity contribution in [1.29, 1.82) is 0 Å². The molecule has 0 spiro atoms. The Labute approximate surface area is 186 Å². The first-order chi connectivity index (χ1) is 15.0. The molecule has 0 amide bonds. The van der Waals surface area contributed by atoms with Gasteiger partial charge in [-0.2, -0.15) is 4.98 Å². The fourth-order valence-corrected chi connectivity index (χ4v) is 3.04. The first-order valence-electron chi connectivity index (χ1n) is 9.25. The van der Waals surface area contributed by atoms with Crippen LogP contribution in [-0.2, 0) is 4.79 Å². The van der Waals surface area contributed by atoms with E-state index >= 15 is 0 Å². The molecule has 3 N–H and O–H groups in total. The molecule has 0 aliphatic rings. The molecular weight excluding hydrogens is 449 g/mol. The lowest BCUT2D eigenvalue weighted by Gasteiger charge is -2.15. The minimum Gasteiger partial charge on any atom is -0.480 e. The van der Waals surface area contributed by atoms with Gasteiger partial charge in [-0.3, -0.25) is 4.79 Å². The maximum absolute atomic E-state index is 12.6. The summed E-state index contributed by atoms with van der Waals surface area (Å²) in [6.45, 7) is 3.24. The number of halogens is 4. The van der Waals surface area contributed by atoms with E-state index in [1.807, 2.05) is 19.9 Å². The molecule has 11 heteroatoms. The summed E-state index contributed by atoms with van der Waals surface area (Å²) in [7, 11) is 0. The van der Waals surface area contributed by atoms with Gasteiger partial charge in [0, 0.05) is 22.3 Å². The van der Waals surface area contributed by atoms with E-state index in [0.29, 0.717) is 22.1 Å². The number of hydrogen-bond donors (Lipinski definition) is 3. The third-order valence-corrected chi connectivity index (χ3v) is 4.76. The molecule has 0 saturated heterocycles.